The number of rotatable bonds is 4. The van der Waals surface area contributed by atoms with E-state index in [-0.39, 0.29) is 5.78 Å². The summed E-state index contributed by atoms with van der Waals surface area (Å²) in [4.78, 5) is 38.2. The highest BCUT2D eigenvalue weighted by Gasteiger charge is 2.24. The fourth-order valence-electron chi connectivity index (χ4n) is 3.28. The second-order valence-electron chi connectivity index (χ2n) is 7.07. The van der Waals surface area contributed by atoms with Crippen LogP contribution in [-0.2, 0) is 14.3 Å². The lowest BCUT2D eigenvalue weighted by Gasteiger charge is -2.26. The Balaban J connectivity index is 1.84. The summed E-state index contributed by atoms with van der Waals surface area (Å²) in [5.74, 6) is -0.806. The number of benzene rings is 2. The van der Waals surface area contributed by atoms with Crippen molar-refractivity contribution in [3.63, 3.8) is 0 Å². The third-order valence-electron chi connectivity index (χ3n) is 4.81. The van der Waals surface area contributed by atoms with Crippen molar-refractivity contribution in [1.29, 1.82) is 0 Å². The predicted molar refractivity (Wildman–Crippen MR) is 114 cm³/mol. The summed E-state index contributed by atoms with van der Waals surface area (Å²) in [5.41, 5.74) is 3.94. The van der Waals surface area contributed by atoms with Crippen LogP contribution in [0.5, 0.6) is 0 Å². The second-order valence-corrected chi connectivity index (χ2v) is 7.07. The number of esters is 2. The molecular weight excluding hydrogens is 382 g/mol. The summed E-state index contributed by atoms with van der Waals surface area (Å²) in [6.07, 6.45) is 3.68. The van der Waals surface area contributed by atoms with Gasteiger partial charge >= 0.3 is 11.9 Å². The first kappa shape index (κ1) is 21.2. The number of hydrogen-bond acceptors (Lipinski definition) is 6. The molecular formula is C24H23NO5. The molecule has 1 aliphatic rings. The Hall–Kier alpha value is -3.51. The van der Waals surface area contributed by atoms with Gasteiger partial charge in [0, 0.05) is 24.2 Å². The third kappa shape index (κ3) is 4.90. The topological polar surface area (TPSA) is 72.9 Å². The van der Waals surface area contributed by atoms with Gasteiger partial charge in [0.25, 0.3) is 0 Å². The average molecular weight is 405 g/mol. The molecule has 0 atom stereocenters. The fraction of sp³-hybridized carbons (Fsp3) is 0.208. The maximum Gasteiger partial charge on any atom is 0.337 e. The first-order valence-corrected chi connectivity index (χ1v) is 9.42. The Kier molecular flexibility index (Phi) is 6.59. The van der Waals surface area contributed by atoms with E-state index < -0.39 is 11.9 Å². The van der Waals surface area contributed by atoms with Crippen LogP contribution in [0.15, 0.2) is 59.7 Å². The number of Topliss-reactive ketones (excluding diaryl/α,β-unsaturated/α-hetero) is 1. The van der Waals surface area contributed by atoms with Crippen molar-refractivity contribution in [3.05, 3.63) is 81.9 Å². The lowest BCUT2D eigenvalue weighted by molar-refractivity contribution is -0.113. The van der Waals surface area contributed by atoms with E-state index in [1.165, 1.54) is 14.2 Å². The minimum absolute atomic E-state index is 0.0119. The second kappa shape index (κ2) is 9.33. The molecule has 0 unspecified atom stereocenters. The average Bonchev–Trinajstić information content (AvgIpc) is 2.76. The first-order chi connectivity index (χ1) is 14.4. The highest BCUT2D eigenvalue weighted by molar-refractivity contribution is 6.14. The zero-order valence-corrected chi connectivity index (χ0v) is 17.2. The fourth-order valence-corrected chi connectivity index (χ4v) is 3.28. The van der Waals surface area contributed by atoms with Crippen molar-refractivity contribution in [2.24, 2.45) is 0 Å². The molecule has 6 nitrogen and oxygen atoms in total. The number of hydrogen-bond donors (Lipinski definition) is 0. The number of carbonyl (C=O) groups is 3. The van der Waals surface area contributed by atoms with Crippen molar-refractivity contribution in [2.45, 2.75) is 0 Å². The first-order valence-electron chi connectivity index (χ1n) is 9.42. The van der Waals surface area contributed by atoms with Crippen LogP contribution in [0.1, 0.15) is 31.8 Å². The summed E-state index contributed by atoms with van der Waals surface area (Å²) < 4.78 is 9.41. The molecule has 2 aromatic rings. The van der Waals surface area contributed by atoms with Gasteiger partial charge in [-0.15, -0.1) is 0 Å². The van der Waals surface area contributed by atoms with E-state index in [0.717, 1.165) is 11.1 Å². The lowest BCUT2D eigenvalue weighted by atomic mass is 9.94. The number of nitrogens with zero attached hydrogens (tertiary/aromatic N) is 1. The third-order valence-corrected chi connectivity index (χ3v) is 4.81. The molecule has 1 fully saturated rings. The predicted octanol–water partition coefficient (Wildman–Crippen LogP) is 3.24. The van der Waals surface area contributed by atoms with Gasteiger partial charge in [-0.3, -0.25) is 9.69 Å². The summed E-state index contributed by atoms with van der Waals surface area (Å²) >= 11 is 0. The number of piperidine rings is 1. The van der Waals surface area contributed by atoms with Crippen LogP contribution in [0.25, 0.3) is 12.2 Å². The molecule has 3 rings (SSSR count). The molecule has 1 saturated heterocycles. The summed E-state index contributed by atoms with van der Waals surface area (Å²) in [7, 11) is 4.63. The van der Waals surface area contributed by atoms with Gasteiger partial charge in [-0.2, -0.15) is 0 Å². The van der Waals surface area contributed by atoms with Gasteiger partial charge in [0.1, 0.15) is 0 Å². The quantitative estimate of drug-likeness (QED) is 0.574. The summed E-state index contributed by atoms with van der Waals surface area (Å²) in [5, 5.41) is 0. The minimum atomic E-state index is -0.397. The number of methoxy groups -OCH3 is 2. The molecule has 0 spiro atoms. The number of ether oxygens (including phenoxy) is 2. The molecule has 30 heavy (non-hydrogen) atoms. The minimum Gasteiger partial charge on any atom is -0.465 e. The summed E-state index contributed by atoms with van der Waals surface area (Å²) in [6, 6.07) is 13.9. The van der Waals surface area contributed by atoms with E-state index in [2.05, 4.69) is 4.90 Å². The van der Waals surface area contributed by atoms with Gasteiger partial charge < -0.3 is 9.47 Å². The number of likely N-dealkylation sites (N-methyl/N-ethyl adjacent to an activating group) is 1. The lowest BCUT2D eigenvalue weighted by Crippen LogP contribution is -2.34. The van der Waals surface area contributed by atoms with Gasteiger partial charge in [-0.25, -0.2) is 9.59 Å². The molecule has 0 bridgehead atoms. The van der Waals surface area contributed by atoms with E-state index >= 15 is 0 Å². The number of carbonyl (C=O) groups excluding carboxylic acids is 3. The van der Waals surface area contributed by atoms with E-state index in [4.69, 9.17) is 9.47 Å². The Bertz CT molecular complexity index is 935. The molecule has 0 N–H and O–H groups in total. The standard InChI is InChI=1S/C24H23NO5/c1-25-14-20(12-16-4-8-18(9-5-16)23(27)29-2)22(26)21(15-25)13-17-6-10-19(11-7-17)24(28)30-3/h4-13H,14-15H2,1-3H3. The van der Waals surface area contributed by atoms with Crippen molar-refractivity contribution < 1.29 is 23.9 Å². The van der Waals surface area contributed by atoms with Crippen LogP contribution in [-0.4, -0.2) is 57.0 Å². The van der Waals surface area contributed by atoms with Crippen molar-refractivity contribution >= 4 is 29.9 Å². The van der Waals surface area contributed by atoms with Gasteiger partial charge in [0.15, 0.2) is 5.78 Å². The molecule has 0 amide bonds. The number of ketones is 1. The molecule has 154 valence electrons. The van der Waals surface area contributed by atoms with Gasteiger partial charge in [-0.05, 0) is 54.6 Å². The number of likely N-dealkylation sites (tertiary alicyclic amines) is 1. The molecule has 6 heteroatoms. The smallest absolute Gasteiger partial charge is 0.337 e. The molecule has 1 aliphatic heterocycles. The van der Waals surface area contributed by atoms with Crippen LogP contribution < -0.4 is 0 Å². The molecule has 0 aromatic heterocycles. The maximum absolute atomic E-state index is 13.0. The van der Waals surface area contributed by atoms with Crippen LogP contribution in [0, 0.1) is 0 Å². The molecule has 1 heterocycles. The Morgan fingerprint density at radius 1 is 0.767 bits per heavy atom. The van der Waals surface area contributed by atoms with Gasteiger partial charge in [-0.1, -0.05) is 24.3 Å². The monoisotopic (exact) mass is 405 g/mol. The van der Waals surface area contributed by atoms with Crippen LogP contribution in [0.3, 0.4) is 0 Å². The molecule has 0 radical (unpaired) electrons. The Morgan fingerprint density at radius 2 is 1.13 bits per heavy atom. The van der Waals surface area contributed by atoms with Crippen molar-refractivity contribution in [1.82, 2.24) is 4.90 Å². The highest BCUT2D eigenvalue weighted by Crippen LogP contribution is 2.22. The van der Waals surface area contributed by atoms with Gasteiger partial charge in [0.05, 0.1) is 25.3 Å². The SMILES string of the molecule is COC(=O)c1ccc(C=C2CN(C)CC(=Cc3ccc(C(=O)OC)cc3)C2=O)cc1. The Morgan fingerprint density at radius 3 is 1.47 bits per heavy atom. The molecule has 2 aromatic carbocycles. The zero-order chi connectivity index (χ0) is 21.7. The Labute approximate surface area is 175 Å². The summed E-state index contributed by atoms with van der Waals surface area (Å²) in [6.45, 7) is 1.08. The normalized spacial score (nSPS) is 17.2. The zero-order valence-electron chi connectivity index (χ0n) is 17.2. The maximum atomic E-state index is 13.0. The molecule has 0 saturated carbocycles. The highest BCUT2D eigenvalue weighted by atomic mass is 16.5. The van der Waals surface area contributed by atoms with E-state index in [0.29, 0.717) is 35.4 Å². The van der Waals surface area contributed by atoms with Crippen LogP contribution >= 0.6 is 0 Å². The van der Waals surface area contributed by atoms with Gasteiger partial charge in [0.2, 0.25) is 0 Å². The van der Waals surface area contributed by atoms with Crippen molar-refractivity contribution in [3.8, 4) is 0 Å². The molecule has 0 aliphatic carbocycles. The van der Waals surface area contributed by atoms with Crippen LogP contribution in [0.2, 0.25) is 0 Å². The van der Waals surface area contributed by atoms with Crippen LogP contribution in [0.4, 0.5) is 0 Å². The van der Waals surface area contributed by atoms with E-state index in [1.807, 2.05) is 19.2 Å². The van der Waals surface area contributed by atoms with Crippen molar-refractivity contribution in [2.75, 3.05) is 34.4 Å². The van der Waals surface area contributed by atoms with E-state index in [9.17, 15) is 14.4 Å². The van der Waals surface area contributed by atoms with E-state index in [1.54, 1.807) is 48.5 Å². The largest absolute Gasteiger partial charge is 0.465 e.